The minimum Gasteiger partial charge on any atom is -0.493 e. The third-order valence-electron chi connectivity index (χ3n) is 4.09. The lowest BCUT2D eigenvalue weighted by molar-refractivity contribution is -0.125. The van der Waals surface area contributed by atoms with Crippen LogP contribution in [0.2, 0.25) is 0 Å². The summed E-state index contributed by atoms with van der Waals surface area (Å²) in [7, 11) is 1.48. The topological polar surface area (TPSA) is 97.6 Å². The van der Waals surface area contributed by atoms with Gasteiger partial charge in [0.25, 0.3) is 5.91 Å². The van der Waals surface area contributed by atoms with E-state index in [9.17, 15) is 14.9 Å². The first kappa shape index (κ1) is 22.3. The van der Waals surface area contributed by atoms with Crippen molar-refractivity contribution >= 4 is 11.9 Å². The van der Waals surface area contributed by atoms with Crippen molar-refractivity contribution in [3.8, 4) is 17.6 Å². The van der Waals surface area contributed by atoms with Crippen molar-refractivity contribution in [1.82, 2.24) is 5.32 Å². The minimum atomic E-state index is -1.03. The van der Waals surface area contributed by atoms with Crippen molar-refractivity contribution in [2.75, 3.05) is 20.3 Å². The van der Waals surface area contributed by atoms with Gasteiger partial charge in [0.2, 0.25) is 0 Å². The maximum atomic E-state index is 12.2. The van der Waals surface area contributed by atoms with E-state index in [2.05, 4.69) is 11.4 Å². The van der Waals surface area contributed by atoms with Crippen LogP contribution in [0.1, 0.15) is 45.0 Å². The van der Waals surface area contributed by atoms with Crippen molar-refractivity contribution in [3.63, 3.8) is 0 Å². The Morgan fingerprint density at radius 1 is 1.22 bits per heavy atom. The molecule has 148 valence electrons. The van der Waals surface area contributed by atoms with Crippen molar-refractivity contribution in [2.45, 2.75) is 40.2 Å². The zero-order valence-corrected chi connectivity index (χ0v) is 16.8. The number of esters is 1. The second-order valence-corrected chi connectivity index (χ2v) is 7.16. The molecule has 0 aliphatic heterocycles. The molecule has 0 heterocycles. The molecule has 0 aromatic heterocycles. The first-order chi connectivity index (χ1) is 12.6. The predicted molar refractivity (Wildman–Crippen MR) is 101 cm³/mol. The Labute approximate surface area is 160 Å². The van der Waals surface area contributed by atoms with E-state index in [1.165, 1.54) is 13.2 Å². The number of rotatable bonds is 9. The van der Waals surface area contributed by atoms with Gasteiger partial charge in [-0.25, -0.2) is 4.79 Å². The Morgan fingerprint density at radius 3 is 2.41 bits per heavy atom. The lowest BCUT2D eigenvalue weighted by Gasteiger charge is -2.27. The van der Waals surface area contributed by atoms with Gasteiger partial charge in [0.15, 0.2) is 18.1 Å². The molecular formula is C20H28N2O5. The Hall–Kier alpha value is -2.75. The molecule has 0 saturated carbocycles. The summed E-state index contributed by atoms with van der Waals surface area (Å²) >= 11 is 0. The highest BCUT2D eigenvalue weighted by molar-refractivity contribution is 5.92. The number of nitrogens with zero attached hydrogens (tertiary/aromatic N) is 1. The van der Waals surface area contributed by atoms with Gasteiger partial charge < -0.3 is 19.5 Å². The van der Waals surface area contributed by atoms with Crippen LogP contribution in [0.5, 0.6) is 11.5 Å². The lowest BCUT2D eigenvalue weighted by Crippen LogP contribution is -2.50. The van der Waals surface area contributed by atoms with Crippen LogP contribution in [0.4, 0.5) is 0 Å². The largest absolute Gasteiger partial charge is 0.493 e. The number of nitrogens with one attached hydrogen (secondary N) is 1. The molecular weight excluding hydrogens is 348 g/mol. The molecule has 0 fully saturated rings. The summed E-state index contributed by atoms with van der Waals surface area (Å²) in [6, 6.07) is 6.75. The van der Waals surface area contributed by atoms with E-state index in [-0.39, 0.29) is 11.5 Å². The molecule has 7 heteroatoms. The van der Waals surface area contributed by atoms with Gasteiger partial charge in [-0.3, -0.25) is 4.79 Å². The SMILES string of the molecule is COc1cc(C(=O)OCC(=O)N[C@](C)(C#N)C(C)C)ccc1OCC(C)C. The monoisotopic (exact) mass is 376 g/mol. The number of methoxy groups -OCH3 is 1. The summed E-state index contributed by atoms with van der Waals surface area (Å²) in [5, 5.41) is 11.8. The zero-order chi connectivity index (χ0) is 20.6. The molecule has 0 spiro atoms. The average Bonchev–Trinajstić information content (AvgIpc) is 2.63. The molecule has 1 rings (SSSR count). The Morgan fingerprint density at radius 2 is 1.89 bits per heavy atom. The van der Waals surface area contributed by atoms with Gasteiger partial charge in [-0.1, -0.05) is 27.7 Å². The summed E-state index contributed by atoms with van der Waals surface area (Å²) < 4.78 is 15.9. The maximum absolute atomic E-state index is 12.2. The van der Waals surface area contributed by atoms with E-state index >= 15 is 0 Å². The fraction of sp³-hybridized carbons (Fsp3) is 0.550. The highest BCUT2D eigenvalue weighted by Crippen LogP contribution is 2.28. The molecule has 0 unspecified atom stereocenters. The zero-order valence-electron chi connectivity index (χ0n) is 16.8. The number of hydrogen-bond donors (Lipinski definition) is 1. The molecule has 0 aliphatic carbocycles. The maximum Gasteiger partial charge on any atom is 0.338 e. The van der Waals surface area contributed by atoms with Crippen LogP contribution in [0.25, 0.3) is 0 Å². The number of carbonyl (C=O) groups excluding carboxylic acids is 2. The summed E-state index contributed by atoms with van der Waals surface area (Å²) in [4.78, 5) is 24.2. The quantitative estimate of drug-likeness (QED) is 0.666. The summed E-state index contributed by atoms with van der Waals surface area (Å²) in [6.45, 7) is 9.37. The Bertz CT molecular complexity index is 709. The molecule has 7 nitrogen and oxygen atoms in total. The molecule has 1 amide bonds. The highest BCUT2D eigenvalue weighted by Gasteiger charge is 2.30. The van der Waals surface area contributed by atoms with E-state index in [1.54, 1.807) is 19.1 Å². The third kappa shape index (κ3) is 6.48. The summed E-state index contributed by atoms with van der Waals surface area (Å²) in [5.41, 5.74) is -0.786. The molecule has 0 radical (unpaired) electrons. The molecule has 0 bridgehead atoms. The van der Waals surface area contributed by atoms with Gasteiger partial charge >= 0.3 is 5.97 Å². The van der Waals surface area contributed by atoms with Crippen LogP contribution in [0.15, 0.2) is 18.2 Å². The third-order valence-corrected chi connectivity index (χ3v) is 4.09. The number of nitriles is 1. The Balaban J connectivity index is 2.72. The van der Waals surface area contributed by atoms with Gasteiger partial charge in [0, 0.05) is 0 Å². The number of amides is 1. The van der Waals surface area contributed by atoms with Crippen LogP contribution < -0.4 is 14.8 Å². The highest BCUT2D eigenvalue weighted by atomic mass is 16.5. The fourth-order valence-electron chi connectivity index (χ4n) is 2.01. The standard InChI is InChI=1S/C20H28N2O5/c1-13(2)10-26-16-8-7-15(9-17(16)25-6)19(24)27-11-18(23)22-20(5,12-21)14(3)4/h7-9,13-14H,10-11H2,1-6H3,(H,22,23)/t20-/m1/s1. The Kier molecular flexibility index (Phi) is 8.10. The molecule has 1 aromatic rings. The van der Waals surface area contributed by atoms with E-state index in [1.807, 2.05) is 27.7 Å². The first-order valence-electron chi connectivity index (χ1n) is 8.83. The second-order valence-electron chi connectivity index (χ2n) is 7.16. The van der Waals surface area contributed by atoms with Crippen molar-refractivity contribution in [1.29, 1.82) is 5.26 Å². The number of benzene rings is 1. The lowest BCUT2D eigenvalue weighted by atomic mass is 9.90. The van der Waals surface area contributed by atoms with Crippen molar-refractivity contribution < 1.29 is 23.8 Å². The number of hydrogen-bond acceptors (Lipinski definition) is 6. The van der Waals surface area contributed by atoms with E-state index in [0.29, 0.717) is 24.0 Å². The summed E-state index contributed by atoms with van der Waals surface area (Å²) in [5.74, 6) is -0.00626. The minimum absolute atomic E-state index is 0.0928. The summed E-state index contributed by atoms with van der Waals surface area (Å²) in [6.07, 6.45) is 0. The van der Waals surface area contributed by atoms with E-state index < -0.39 is 24.0 Å². The van der Waals surface area contributed by atoms with Crippen molar-refractivity contribution in [2.24, 2.45) is 11.8 Å². The number of carbonyl (C=O) groups is 2. The van der Waals surface area contributed by atoms with Gasteiger partial charge in [0.05, 0.1) is 25.3 Å². The predicted octanol–water partition coefficient (Wildman–Crippen LogP) is 2.94. The fourth-order valence-corrected chi connectivity index (χ4v) is 2.01. The first-order valence-corrected chi connectivity index (χ1v) is 8.83. The molecule has 1 N–H and O–H groups in total. The van der Waals surface area contributed by atoms with Crippen LogP contribution in [0, 0.1) is 23.2 Å². The van der Waals surface area contributed by atoms with E-state index in [4.69, 9.17) is 14.2 Å². The number of ether oxygens (including phenoxy) is 3. The van der Waals surface area contributed by atoms with Crippen LogP contribution in [-0.4, -0.2) is 37.7 Å². The van der Waals surface area contributed by atoms with Gasteiger partial charge in [-0.05, 0) is 37.0 Å². The van der Waals surface area contributed by atoms with Gasteiger partial charge in [-0.15, -0.1) is 0 Å². The molecule has 0 aliphatic rings. The molecule has 0 saturated heterocycles. The molecule has 1 aromatic carbocycles. The average molecular weight is 376 g/mol. The van der Waals surface area contributed by atoms with Gasteiger partial charge in [-0.2, -0.15) is 5.26 Å². The molecule has 27 heavy (non-hydrogen) atoms. The molecule has 1 atom stereocenters. The second kappa shape index (κ2) is 9.81. The normalized spacial score (nSPS) is 12.9. The van der Waals surface area contributed by atoms with Crippen LogP contribution >= 0.6 is 0 Å². The van der Waals surface area contributed by atoms with Crippen LogP contribution in [-0.2, 0) is 9.53 Å². The van der Waals surface area contributed by atoms with Gasteiger partial charge in [0.1, 0.15) is 5.54 Å². The smallest absolute Gasteiger partial charge is 0.338 e. The van der Waals surface area contributed by atoms with Crippen molar-refractivity contribution in [3.05, 3.63) is 23.8 Å². The van der Waals surface area contributed by atoms with E-state index in [0.717, 1.165) is 0 Å². The van der Waals surface area contributed by atoms with Crippen LogP contribution in [0.3, 0.4) is 0 Å².